The van der Waals surface area contributed by atoms with Crippen LogP contribution < -0.4 is 14.8 Å². The molecule has 1 saturated carbocycles. The van der Waals surface area contributed by atoms with Crippen LogP contribution in [0, 0.1) is 0 Å². The number of hydrogen-bond acceptors (Lipinski definition) is 3. The molecule has 0 aromatic heterocycles. The van der Waals surface area contributed by atoms with Gasteiger partial charge in [-0.2, -0.15) is 0 Å². The lowest BCUT2D eigenvalue weighted by Crippen LogP contribution is -2.29. The Kier molecular flexibility index (Phi) is 10.7. The molecule has 0 saturated heterocycles. The van der Waals surface area contributed by atoms with Gasteiger partial charge in [-0.05, 0) is 43.5 Å². The Balaban J connectivity index is 0.00000300. The fourth-order valence-electron chi connectivity index (χ4n) is 3.74. The van der Waals surface area contributed by atoms with E-state index >= 15 is 0 Å². The van der Waals surface area contributed by atoms with Crippen molar-refractivity contribution >= 4 is 24.0 Å². The third-order valence-corrected chi connectivity index (χ3v) is 5.72. The Hall–Kier alpha value is -1.42. The molecule has 0 amide bonds. The smallest absolute Gasteiger partial charge is 0.161 e. The Morgan fingerprint density at radius 2 is 1.66 bits per heavy atom. The standard InChI is InChI=1S/C24H32ClNO2.ClH/c1-2-27-24-16-19(17-26-21-11-6-4-3-5-7-12-21)14-15-23(24)28-18-20-10-8-9-13-22(20)25;/h8-10,13-16,21,26H,2-7,11-12,17-18H2,1H3;1H. The van der Waals surface area contributed by atoms with Crippen LogP contribution in [0.15, 0.2) is 42.5 Å². The first kappa shape index (κ1) is 23.9. The summed E-state index contributed by atoms with van der Waals surface area (Å²) in [7, 11) is 0. The van der Waals surface area contributed by atoms with Crippen LogP contribution >= 0.6 is 24.0 Å². The summed E-state index contributed by atoms with van der Waals surface area (Å²) in [5, 5.41) is 4.47. The maximum Gasteiger partial charge on any atom is 0.161 e. The molecule has 0 radical (unpaired) electrons. The van der Waals surface area contributed by atoms with Gasteiger partial charge in [0.1, 0.15) is 6.61 Å². The van der Waals surface area contributed by atoms with E-state index < -0.39 is 0 Å². The van der Waals surface area contributed by atoms with E-state index in [1.165, 1.54) is 50.5 Å². The summed E-state index contributed by atoms with van der Waals surface area (Å²) in [5.74, 6) is 1.56. The van der Waals surface area contributed by atoms with Crippen molar-refractivity contribution < 1.29 is 9.47 Å². The first-order chi connectivity index (χ1) is 13.8. The number of nitrogens with one attached hydrogen (secondary N) is 1. The van der Waals surface area contributed by atoms with E-state index in [-0.39, 0.29) is 12.4 Å². The third kappa shape index (κ3) is 7.73. The molecule has 5 heteroatoms. The Bertz CT molecular complexity index is 731. The van der Waals surface area contributed by atoms with Crippen LogP contribution in [0.25, 0.3) is 0 Å². The van der Waals surface area contributed by atoms with E-state index in [2.05, 4.69) is 17.4 Å². The minimum absolute atomic E-state index is 0. The normalized spacial score (nSPS) is 15.1. The van der Waals surface area contributed by atoms with E-state index in [9.17, 15) is 0 Å². The molecule has 1 aliphatic rings. The highest BCUT2D eigenvalue weighted by molar-refractivity contribution is 6.31. The number of benzene rings is 2. The molecule has 29 heavy (non-hydrogen) atoms. The summed E-state index contributed by atoms with van der Waals surface area (Å²) in [6.45, 7) is 3.91. The summed E-state index contributed by atoms with van der Waals surface area (Å²) < 4.78 is 11.8. The van der Waals surface area contributed by atoms with Gasteiger partial charge in [-0.15, -0.1) is 12.4 Å². The molecule has 1 N–H and O–H groups in total. The zero-order valence-corrected chi connectivity index (χ0v) is 18.9. The Labute approximate surface area is 186 Å². The topological polar surface area (TPSA) is 30.5 Å². The van der Waals surface area contributed by atoms with Crippen LogP contribution in [0.5, 0.6) is 11.5 Å². The molecule has 0 bridgehead atoms. The predicted octanol–water partition coefficient (Wildman–Crippen LogP) is 6.94. The fraction of sp³-hybridized carbons (Fsp3) is 0.500. The first-order valence-corrected chi connectivity index (χ1v) is 11.0. The van der Waals surface area contributed by atoms with Gasteiger partial charge in [-0.1, -0.05) is 68.0 Å². The average Bonchev–Trinajstić information content (AvgIpc) is 2.68. The van der Waals surface area contributed by atoms with Gasteiger partial charge < -0.3 is 14.8 Å². The molecular weight excluding hydrogens is 405 g/mol. The minimum atomic E-state index is 0. The van der Waals surface area contributed by atoms with E-state index in [4.69, 9.17) is 21.1 Å². The lowest BCUT2D eigenvalue weighted by Gasteiger charge is -2.21. The van der Waals surface area contributed by atoms with Crippen molar-refractivity contribution in [3.05, 3.63) is 58.6 Å². The van der Waals surface area contributed by atoms with E-state index in [1.54, 1.807) is 0 Å². The number of rotatable bonds is 8. The molecule has 3 nitrogen and oxygen atoms in total. The van der Waals surface area contributed by atoms with Gasteiger partial charge in [-0.25, -0.2) is 0 Å². The van der Waals surface area contributed by atoms with E-state index in [0.717, 1.165) is 28.6 Å². The van der Waals surface area contributed by atoms with Crippen molar-refractivity contribution in [1.82, 2.24) is 5.32 Å². The summed E-state index contributed by atoms with van der Waals surface area (Å²) in [5.41, 5.74) is 2.21. The maximum absolute atomic E-state index is 6.23. The Morgan fingerprint density at radius 1 is 0.931 bits per heavy atom. The second kappa shape index (κ2) is 13.0. The zero-order chi connectivity index (χ0) is 19.6. The molecule has 3 rings (SSSR count). The van der Waals surface area contributed by atoms with Gasteiger partial charge in [0.05, 0.1) is 6.61 Å². The molecule has 0 aliphatic heterocycles. The minimum Gasteiger partial charge on any atom is -0.490 e. The van der Waals surface area contributed by atoms with Crippen LogP contribution in [0.4, 0.5) is 0 Å². The molecule has 160 valence electrons. The Morgan fingerprint density at radius 3 is 2.38 bits per heavy atom. The molecule has 0 unspecified atom stereocenters. The van der Waals surface area contributed by atoms with Gasteiger partial charge in [0.15, 0.2) is 11.5 Å². The number of ether oxygens (including phenoxy) is 2. The molecule has 2 aromatic carbocycles. The zero-order valence-electron chi connectivity index (χ0n) is 17.3. The van der Waals surface area contributed by atoms with Crippen LogP contribution in [0.3, 0.4) is 0 Å². The summed E-state index contributed by atoms with van der Waals surface area (Å²) in [6, 6.07) is 14.6. The second-order valence-corrected chi connectivity index (χ2v) is 7.92. The highest BCUT2D eigenvalue weighted by Crippen LogP contribution is 2.30. The van der Waals surface area contributed by atoms with Crippen LogP contribution in [0.1, 0.15) is 63.0 Å². The molecule has 1 fully saturated rings. The highest BCUT2D eigenvalue weighted by atomic mass is 35.5. The van der Waals surface area contributed by atoms with Gasteiger partial charge in [0, 0.05) is 23.2 Å². The lowest BCUT2D eigenvalue weighted by atomic mass is 9.96. The number of halogens is 2. The number of hydrogen-bond donors (Lipinski definition) is 1. The fourth-order valence-corrected chi connectivity index (χ4v) is 3.93. The molecule has 1 aliphatic carbocycles. The summed E-state index contributed by atoms with van der Waals surface area (Å²) in [6.07, 6.45) is 9.43. The molecule has 0 spiro atoms. The van der Waals surface area contributed by atoms with E-state index in [0.29, 0.717) is 19.3 Å². The monoisotopic (exact) mass is 437 g/mol. The van der Waals surface area contributed by atoms with Gasteiger partial charge in [-0.3, -0.25) is 0 Å². The largest absolute Gasteiger partial charge is 0.490 e. The van der Waals surface area contributed by atoms with Crippen molar-refractivity contribution in [3.8, 4) is 11.5 Å². The first-order valence-electron chi connectivity index (χ1n) is 10.6. The van der Waals surface area contributed by atoms with Gasteiger partial charge in [0.2, 0.25) is 0 Å². The van der Waals surface area contributed by atoms with Crippen molar-refractivity contribution in [2.24, 2.45) is 0 Å². The lowest BCUT2D eigenvalue weighted by molar-refractivity contribution is 0.269. The average molecular weight is 438 g/mol. The van der Waals surface area contributed by atoms with Crippen molar-refractivity contribution in [1.29, 1.82) is 0 Å². The molecular formula is C24H33Cl2NO2. The van der Waals surface area contributed by atoms with Crippen LogP contribution in [0.2, 0.25) is 5.02 Å². The van der Waals surface area contributed by atoms with Crippen LogP contribution in [-0.4, -0.2) is 12.6 Å². The SMILES string of the molecule is CCOc1cc(CNC2CCCCCCC2)ccc1OCc1ccccc1Cl.Cl. The predicted molar refractivity (Wildman–Crippen MR) is 124 cm³/mol. The quantitative estimate of drug-likeness (QED) is 0.484. The third-order valence-electron chi connectivity index (χ3n) is 5.35. The van der Waals surface area contributed by atoms with E-state index in [1.807, 2.05) is 37.3 Å². The molecule has 2 aromatic rings. The van der Waals surface area contributed by atoms with Gasteiger partial charge >= 0.3 is 0 Å². The van der Waals surface area contributed by atoms with Crippen molar-refractivity contribution in [2.45, 2.75) is 71.1 Å². The summed E-state index contributed by atoms with van der Waals surface area (Å²) in [4.78, 5) is 0. The summed E-state index contributed by atoms with van der Waals surface area (Å²) >= 11 is 6.23. The maximum atomic E-state index is 6.23. The van der Waals surface area contributed by atoms with Crippen molar-refractivity contribution in [3.63, 3.8) is 0 Å². The molecule has 0 atom stereocenters. The highest BCUT2D eigenvalue weighted by Gasteiger charge is 2.12. The van der Waals surface area contributed by atoms with Crippen molar-refractivity contribution in [2.75, 3.05) is 6.61 Å². The van der Waals surface area contributed by atoms with Gasteiger partial charge in [0.25, 0.3) is 0 Å². The second-order valence-electron chi connectivity index (χ2n) is 7.52. The molecule has 0 heterocycles. The van der Waals surface area contributed by atoms with Crippen LogP contribution in [-0.2, 0) is 13.2 Å².